The van der Waals surface area contributed by atoms with Gasteiger partial charge in [-0.1, -0.05) is 26.0 Å². The maximum atomic E-state index is 6.42. The highest BCUT2D eigenvalue weighted by atomic mass is 16.5. The summed E-state index contributed by atoms with van der Waals surface area (Å²) in [6.07, 6.45) is 8.68. The Bertz CT molecular complexity index is 326. The fourth-order valence-electron chi connectivity index (χ4n) is 3.99. The molecule has 1 spiro atoms. The second-order valence-corrected chi connectivity index (χ2v) is 6.61. The third kappa shape index (κ3) is 0.982. The fourth-order valence-corrected chi connectivity index (χ4v) is 3.99. The molecule has 0 bridgehead atoms. The quantitative estimate of drug-likeness (QED) is 0.551. The highest BCUT2D eigenvalue weighted by molar-refractivity contribution is 5.34. The van der Waals surface area contributed by atoms with E-state index in [2.05, 4.69) is 39.8 Å². The molecule has 0 aromatic heterocycles. The molecule has 0 amide bonds. The Balaban J connectivity index is 2.00. The minimum Gasteiger partial charge on any atom is -0.364 e. The number of hydrogen-bond donors (Lipinski definition) is 0. The number of ether oxygens (including phenoxy) is 1. The van der Waals surface area contributed by atoms with Crippen LogP contribution < -0.4 is 0 Å². The molecule has 1 aliphatic heterocycles. The molecule has 1 saturated carbocycles. The zero-order valence-electron chi connectivity index (χ0n) is 10.3. The summed E-state index contributed by atoms with van der Waals surface area (Å²) < 4.78 is 6.42. The van der Waals surface area contributed by atoms with Crippen molar-refractivity contribution in [2.45, 2.75) is 58.2 Å². The Hall–Kier alpha value is -0.300. The topological polar surface area (TPSA) is 9.23 Å². The van der Waals surface area contributed by atoms with Gasteiger partial charge in [-0.05, 0) is 44.4 Å². The van der Waals surface area contributed by atoms with Gasteiger partial charge in [0.05, 0.1) is 11.2 Å². The Morgan fingerprint density at radius 3 is 2.67 bits per heavy atom. The lowest BCUT2D eigenvalue weighted by molar-refractivity contribution is -0.0911. The van der Waals surface area contributed by atoms with Crippen molar-refractivity contribution in [3.05, 3.63) is 12.2 Å². The van der Waals surface area contributed by atoms with Crippen LogP contribution in [0, 0.1) is 17.3 Å². The SMILES string of the molecule is CC1(C)OC23C=CCCC[C@@H]2[C@H]3C1(C)C. The van der Waals surface area contributed by atoms with Crippen molar-refractivity contribution in [1.82, 2.24) is 0 Å². The average molecular weight is 206 g/mol. The van der Waals surface area contributed by atoms with E-state index in [9.17, 15) is 0 Å². The summed E-state index contributed by atoms with van der Waals surface area (Å²) in [5.41, 5.74) is 0.478. The summed E-state index contributed by atoms with van der Waals surface area (Å²) in [4.78, 5) is 0. The first-order valence-electron chi connectivity index (χ1n) is 6.30. The molecule has 1 heterocycles. The third-order valence-electron chi connectivity index (χ3n) is 5.38. The Morgan fingerprint density at radius 1 is 1.20 bits per heavy atom. The zero-order valence-corrected chi connectivity index (χ0v) is 10.3. The van der Waals surface area contributed by atoms with Gasteiger partial charge in [0.2, 0.25) is 0 Å². The molecule has 84 valence electrons. The van der Waals surface area contributed by atoms with Gasteiger partial charge in [0.1, 0.15) is 0 Å². The van der Waals surface area contributed by atoms with Crippen LogP contribution in [0.15, 0.2) is 12.2 Å². The summed E-state index contributed by atoms with van der Waals surface area (Å²) >= 11 is 0. The summed E-state index contributed by atoms with van der Waals surface area (Å²) in [5.74, 6) is 1.57. The van der Waals surface area contributed by atoms with Crippen LogP contribution in [0.1, 0.15) is 47.0 Å². The van der Waals surface area contributed by atoms with Gasteiger partial charge in [0, 0.05) is 5.92 Å². The molecular formula is C14H22O. The lowest BCUT2D eigenvalue weighted by Gasteiger charge is -2.38. The van der Waals surface area contributed by atoms with Crippen molar-refractivity contribution in [2.75, 3.05) is 0 Å². The smallest absolute Gasteiger partial charge is 0.0940 e. The van der Waals surface area contributed by atoms with Crippen molar-refractivity contribution in [1.29, 1.82) is 0 Å². The summed E-state index contributed by atoms with van der Waals surface area (Å²) in [6.45, 7) is 9.27. The van der Waals surface area contributed by atoms with Gasteiger partial charge in [-0.25, -0.2) is 0 Å². The molecule has 15 heavy (non-hydrogen) atoms. The predicted molar refractivity (Wildman–Crippen MR) is 61.6 cm³/mol. The van der Waals surface area contributed by atoms with Gasteiger partial charge in [-0.2, -0.15) is 0 Å². The van der Waals surface area contributed by atoms with Crippen molar-refractivity contribution in [2.24, 2.45) is 17.3 Å². The van der Waals surface area contributed by atoms with Crippen molar-refractivity contribution >= 4 is 0 Å². The molecule has 3 atom stereocenters. The van der Waals surface area contributed by atoms with Gasteiger partial charge < -0.3 is 4.74 Å². The van der Waals surface area contributed by atoms with Crippen molar-refractivity contribution in [3.8, 4) is 0 Å². The number of allylic oxidation sites excluding steroid dienone is 1. The Morgan fingerprint density at radius 2 is 1.93 bits per heavy atom. The molecule has 1 heteroatoms. The van der Waals surface area contributed by atoms with E-state index in [-0.39, 0.29) is 11.2 Å². The summed E-state index contributed by atoms with van der Waals surface area (Å²) in [6, 6.07) is 0. The number of rotatable bonds is 0. The van der Waals surface area contributed by atoms with Crippen LogP contribution in [-0.4, -0.2) is 11.2 Å². The van der Waals surface area contributed by atoms with Crippen molar-refractivity contribution in [3.63, 3.8) is 0 Å². The van der Waals surface area contributed by atoms with Crippen LogP contribution in [0.25, 0.3) is 0 Å². The third-order valence-corrected chi connectivity index (χ3v) is 5.38. The van der Waals surface area contributed by atoms with E-state index in [0.29, 0.717) is 5.41 Å². The van der Waals surface area contributed by atoms with Crippen LogP contribution >= 0.6 is 0 Å². The Labute approximate surface area is 92.9 Å². The van der Waals surface area contributed by atoms with E-state index in [1.807, 2.05) is 0 Å². The molecule has 1 unspecified atom stereocenters. The molecule has 2 aliphatic carbocycles. The monoisotopic (exact) mass is 206 g/mol. The molecule has 3 aliphatic rings. The molecule has 3 rings (SSSR count). The van der Waals surface area contributed by atoms with E-state index < -0.39 is 0 Å². The Kier molecular flexibility index (Phi) is 1.65. The van der Waals surface area contributed by atoms with E-state index >= 15 is 0 Å². The second kappa shape index (κ2) is 2.51. The minimum atomic E-state index is 0.0306. The highest BCUT2D eigenvalue weighted by Gasteiger charge is 2.78. The van der Waals surface area contributed by atoms with E-state index in [1.165, 1.54) is 19.3 Å². The molecule has 0 radical (unpaired) electrons. The number of hydrogen-bond acceptors (Lipinski definition) is 1. The summed E-state index contributed by atoms with van der Waals surface area (Å²) in [7, 11) is 0. The molecule has 1 saturated heterocycles. The van der Waals surface area contributed by atoms with Crippen molar-refractivity contribution < 1.29 is 4.74 Å². The first-order valence-corrected chi connectivity index (χ1v) is 6.30. The lowest BCUT2D eigenvalue weighted by Crippen LogP contribution is -2.40. The number of fused-ring (bicyclic) bond motifs is 1. The molecule has 0 N–H and O–H groups in total. The first-order chi connectivity index (χ1) is 6.92. The predicted octanol–water partition coefficient (Wildman–Crippen LogP) is 3.55. The normalized spacial score (nSPS) is 49.3. The van der Waals surface area contributed by atoms with Crippen LogP contribution in [0.4, 0.5) is 0 Å². The van der Waals surface area contributed by atoms with Crippen LogP contribution in [-0.2, 0) is 4.74 Å². The average Bonchev–Trinajstić information content (AvgIpc) is 2.68. The van der Waals surface area contributed by atoms with E-state index in [4.69, 9.17) is 4.74 Å². The molecule has 0 aromatic carbocycles. The van der Waals surface area contributed by atoms with Crippen LogP contribution in [0.3, 0.4) is 0 Å². The lowest BCUT2D eigenvalue weighted by atomic mass is 9.73. The van der Waals surface area contributed by atoms with Gasteiger partial charge >= 0.3 is 0 Å². The molecule has 0 aromatic rings. The zero-order chi connectivity index (χ0) is 10.9. The molecule has 2 fully saturated rings. The summed E-state index contributed by atoms with van der Waals surface area (Å²) in [5, 5.41) is 0. The first kappa shape index (κ1) is 9.89. The highest BCUT2D eigenvalue weighted by Crippen LogP contribution is 2.74. The van der Waals surface area contributed by atoms with Gasteiger partial charge in [0.15, 0.2) is 0 Å². The standard InChI is InChI=1S/C14H22O/c1-12(2)11-10-8-6-5-7-9-14(10,11)15-13(12,3)4/h7,9-11H,5-6,8H2,1-4H3/t10-,11+,14?/m1/s1. The fraction of sp³-hybridized carbons (Fsp3) is 0.857. The molecular weight excluding hydrogens is 184 g/mol. The van der Waals surface area contributed by atoms with Crippen LogP contribution in [0.2, 0.25) is 0 Å². The van der Waals surface area contributed by atoms with Crippen LogP contribution in [0.5, 0.6) is 0 Å². The van der Waals surface area contributed by atoms with Gasteiger partial charge in [-0.15, -0.1) is 0 Å². The maximum absolute atomic E-state index is 6.42. The molecule has 1 nitrogen and oxygen atoms in total. The van der Waals surface area contributed by atoms with Gasteiger partial charge in [0.25, 0.3) is 0 Å². The second-order valence-electron chi connectivity index (χ2n) is 6.61. The maximum Gasteiger partial charge on any atom is 0.0940 e. The van der Waals surface area contributed by atoms with Gasteiger partial charge in [-0.3, -0.25) is 0 Å². The largest absolute Gasteiger partial charge is 0.364 e. The minimum absolute atomic E-state index is 0.0306. The van der Waals surface area contributed by atoms with E-state index in [0.717, 1.165) is 11.8 Å². The van der Waals surface area contributed by atoms with E-state index in [1.54, 1.807) is 0 Å².